The number of fused-ring (bicyclic) bond motifs is 1. The highest BCUT2D eigenvalue weighted by molar-refractivity contribution is 7.07. The first-order valence-electron chi connectivity index (χ1n) is 12.3. The second-order valence-electron chi connectivity index (χ2n) is 8.34. The van der Waals surface area contributed by atoms with Crippen molar-refractivity contribution in [3.05, 3.63) is 79.0 Å². The molecular weight excluding hydrogens is 540 g/mol. The lowest BCUT2D eigenvalue weighted by Gasteiger charge is -2.23. The highest BCUT2D eigenvalue weighted by Gasteiger charge is 2.31. The molecule has 4 rings (SSSR count). The van der Waals surface area contributed by atoms with Crippen LogP contribution in [-0.4, -0.2) is 55.7 Å². The van der Waals surface area contributed by atoms with E-state index in [1.807, 2.05) is 13.8 Å². The first kappa shape index (κ1) is 28.4. The van der Waals surface area contributed by atoms with Crippen molar-refractivity contribution in [1.29, 1.82) is 0 Å². The number of carbonyl (C=O) groups excluding carboxylic acids is 1. The fraction of sp³-hybridized carbons (Fsp3) is 0.286. The second kappa shape index (κ2) is 12.5. The number of hydrogen-bond acceptors (Lipinski definition) is 10. The van der Waals surface area contributed by atoms with Gasteiger partial charge >= 0.3 is 11.9 Å². The molecule has 2 heterocycles. The zero-order chi connectivity index (χ0) is 28.8. The Hall–Kier alpha value is -4.58. The Balaban J connectivity index is 1.83. The number of nitrogens with zero attached hydrogens (tertiary/aromatic N) is 2. The monoisotopic (exact) mass is 568 g/mol. The van der Waals surface area contributed by atoms with E-state index in [4.69, 9.17) is 28.8 Å². The molecule has 0 fully saturated rings. The quantitative estimate of drug-likeness (QED) is 0.346. The molecule has 1 aliphatic rings. The van der Waals surface area contributed by atoms with Crippen molar-refractivity contribution in [2.45, 2.75) is 19.9 Å². The lowest BCUT2D eigenvalue weighted by atomic mass is 9.97. The predicted molar refractivity (Wildman–Crippen MR) is 146 cm³/mol. The number of carboxylic acid groups (broad SMARTS) is 1. The van der Waals surface area contributed by atoms with Crippen molar-refractivity contribution in [3.63, 3.8) is 0 Å². The highest BCUT2D eigenvalue weighted by Crippen LogP contribution is 2.35. The molecule has 0 saturated carbocycles. The van der Waals surface area contributed by atoms with E-state index in [-0.39, 0.29) is 16.9 Å². The van der Waals surface area contributed by atoms with E-state index in [0.717, 1.165) is 11.3 Å². The van der Waals surface area contributed by atoms with Crippen LogP contribution in [0.5, 0.6) is 23.0 Å². The summed E-state index contributed by atoms with van der Waals surface area (Å²) in [6.07, 6.45) is 3.08. The Morgan fingerprint density at radius 3 is 2.38 bits per heavy atom. The minimum absolute atomic E-state index is 0.189. The van der Waals surface area contributed by atoms with Crippen LogP contribution in [0.2, 0.25) is 0 Å². The smallest absolute Gasteiger partial charge is 0.341 e. The Bertz CT molecular complexity index is 1640. The Labute approximate surface area is 233 Å². The van der Waals surface area contributed by atoms with Crippen molar-refractivity contribution in [3.8, 4) is 23.0 Å². The molecule has 0 aliphatic carbocycles. The zero-order valence-corrected chi connectivity index (χ0v) is 23.1. The number of carboxylic acids is 1. The van der Waals surface area contributed by atoms with Gasteiger partial charge in [0.05, 0.1) is 43.6 Å². The number of benzene rings is 2. The average molecular weight is 569 g/mol. The van der Waals surface area contributed by atoms with E-state index in [1.54, 1.807) is 42.5 Å². The van der Waals surface area contributed by atoms with Crippen molar-refractivity contribution < 1.29 is 38.4 Å². The van der Waals surface area contributed by atoms with Gasteiger partial charge in [-0.05, 0) is 55.3 Å². The number of aliphatic carboxylic acids is 1. The van der Waals surface area contributed by atoms with E-state index >= 15 is 0 Å². The van der Waals surface area contributed by atoms with Gasteiger partial charge in [-0.15, -0.1) is 0 Å². The molecule has 12 heteroatoms. The molecule has 1 N–H and O–H groups in total. The van der Waals surface area contributed by atoms with Crippen LogP contribution < -0.4 is 33.8 Å². The van der Waals surface area contributed by atoms with Crippen LogP contribution in [0.3, 0.4) is 0 Å². The third-order valence-corrected chi connectivity index (χ3v) is 6.84. The molecule has 1 aliphatic heterocycles. The van der Waals surface area contributed by atoms with Gasteiger partial charge in [-0.25, -0.2) is 14.6 Å². The van der Waals surface area contributed by atoms with Crippen molar-refractivity contribution in [2.75, 3.05) is 34.0 Å². The zero-order valence-electron chi connectivity index (χ0n) is 22.3. The number of thiazole rings is 1. The summed E-state index contributed by atoms with van der Waals surface area (Å²) in [5, 5.41) is 8.89. The lowest BCUT2D eigenvalue weighted by Crippen LogP contribution is -2.39. The summed E-state index contributed by atoms with van der Waals surface area (Å²) < 4.78 is 28.9. The number of rotatable bonds is 11. The maximum Gasteiger partial charge on any atom is 0.341 e. The molecule has 40 heavy (non-hydrogen) atoms. The number of carbonyl (C=O) groups is 2. The minimum atomic E-state index is -1.12. The van der Waals surface area contributed by atoms with E-state index in [1.165, 1.54) is 25.0 Å². The summed E-state index contributed by atoms with van der Waals surface area (Å²) in [5.74, 6) is -0.125. The Morgan fingerprint density at radius 2 is 1.70 bits per heavy atom. The summed E-state index contributed by atoms with van der Waals surface area (Å²) in [7, 11) is 2.70. The molecule has 0 amide bonds. The van der Waals surface area contributed by atoms with Crippen molar-refractivity contribution >= 4 is 29.4 Å². The molecule has 11 nitrogen and oxygen atoms in total. The number of ether oxygens (including phenoxy) is 5. The van der Waals surface area contributed by atoms with Gasteiger partial charge in [0.25, 0.3) is 5.56 Å². The van der Waals surface area contributed by atoms with Gasteiger partial charge in [0.15, 0.2) is 34.4 Å². The second-order valence-corrected chi connectivity index (χ2v) is 9.35. The van der Waals surface area contributed by atoms with Gasteiger partial charge in [0, 0.05) is 6.20 Å². The predicted octanol–water partition coefficient (Wildman–Crippen LogP) is 2.29. The number of hydrogen-bond donors (Lipinski definition) is 1. The molecule has 2 aromatic carbocycles. The molecule has 0 saturated heterocycles. The van der Waals surface area contributed by atoms with Gasteiger partial charge in [0.1, 0.15) is 0 Å². The fourth-order valence-electron chi connectivity index (χ4n) is 4.17. The van der Waals surface area contributed by atoms with Gasteiger partial charge < -0.3 is 28.8 Å². The Morgan fingerprint density at radius 1 is 1.00 bits per heavy atom. The lowest BCUT2D eigenvalue weighted by molar-refractivity contribution is -0.139. The van der Waals surface area contributed by atoms with Crippen LogP contribution in [0.4, 0.5) is 0 Å². The molecule has 1 atom stereocenters. The maximum absolute atomic E-state index is 13.8. The summed E-state index contributed by atoms with van der Waals surface area (Å²) in [5.41, 5.74) is 1.07. The van der Waals surface area contributed by atoms with E-state index in [0.29, 0.717) is 50.9 Å². The van der Waals surface area contributed by atoms with Crippen LogP contribution in [-0.2, 0) is 14.3 Å². The molecule has 0 bridgehead atoms. The van der Waals surface area contributed by atoms with E-state index in [2.05, 4.69) is 4.99 Å². The average Bonchev–Trinajstić information content (AvgIpc) is 3.27. The third kappa shape index (κ3) is 5.86. The standard InChI is InChI=1S/C28H28N2O9S/c1-5-37-20-10-8-17(13-22(20)38-6-2)25-18(27(34)36-4)14-29-28-30(25)26(33)23(40-28)12-16-7-9-19(21(11-16)35-3)39-15-24(31)32/h7-14,25H,5-6,15H2,1-4H3,(H,31,32)/b23-12-/t25-/m0/s1. The SMILES string of the molecule is CCOc1ccc([C@H]2C(C(=O)OC)=CN=c3s/c(=C\c4ccc(OCC(=O)O)c(OC)c4)c(=O)n32)cc1OCC. The molecule has 0 spiro atoms. The van der Waals surface area contributed by atoms with Gasteiger partial charge in [0.2, 0.25) is 0 Å². The van der Waals surface area contributed by atoms with Crippen LogP contribution in [0, 0.1) is 0 Å². The molecular formula is C28H28N2O9S. The van der Waals surface area contributed by atoms with Crippen molar-refractivity contribution in [1.82, 2.24) is 4.57 Å². The maximum atomic E-state index is 13.8. The summed E-state index contributed by atoms with van der Waals surface area (Å²) in [6, 6.07) is 9.33. The van der Waals surface area contributed by atoms with Gasteiger partial charge in [-0.1, -0.05) is 23.5 Å². The molecule has 0 radical (unpaired) electrons. The van der Waals surface area contributed by atoms with E-state index < -0.39 is 24.6 Å². The van der Waals surface area contributed by atoms with Gasteiger partial charge in [-0.3, -0.25) is 9.36 Å². The van der Waals surface area contributed by atoms with Crippen LogP contribution >= 0.6 is 11.3 Å². The highest BCUT2D eigenvalue weighted by atomic mass is 32.1. The first-order valence-corrected chi connectivity index (χ1v) is 13.1. The minimum Gasteiger partial charge on any atom is -0.493 e. The molecule has 210 valence electrons. The number of esters is 1. The summed E-state index contributed by atoms with van der Waals surface area (Å²) in [6.45, 7) is 4.04. The van der Waals surface area contributed by atoms with Crippen LogP contribution in [0.25, 0.3) is 6.08 Å². The third-order valence-electron chi connectivity index (χ3n) is 5.84. The van der Waals surface area contributed by atoms with E-state index in [9.17, 15) is 14.4 Å². The fourth-order valence-corrected chi connectivity index (χ4v) is 5.14. The summed E-state index contributed by atoms with van der Waals surface area (Å²) in [4.78, 5) is 42.2. The molecule has 3 aromatic rings. The number of methoxy groups -OCH3 is 2. The van der Waals surface area contributed by atoms with Crippen molar-refractivity contribution in [2.24, 2.45) is 4.99 Å². The molecule has 0 unspecified atom stereocenters. The largest absolute Gasteiger partial charge is 0.493 e. The Kier molecular flexibility index (Phi) is 8.90. The molecule has 1 aromatic heterocycles. The van der Waals surface area contributed by atoms with Crippen LogP contribution in [0.1, 0.15) is 31.0 Å². The number of aromatic nitrogens is 1. The van der Waals surface area contributed by atoms with Gasteiger partial charge in [-0.2, -0.15) is 0 Å². The topological polar surface area (TPSA) is 135 Å². The van der Waals surface area contributed by atoms with Crippen LogP contribution in [0.15, 0.2) is 58.0 Å². The summed E-state index contributed by atoms with van der Waals surface area (Å²) >= 11 is 1.16. The first-order chi connectivity index (χ1) is 19.3. The normalized spacial score (nSPS) is 14.4.